The van der Waals surface area contributed by atoms with Gasteiger partial charge in [-0.05, 0) is 24.1 Å². The normalized spacial score (nSPS) is 10.7. The van der Waals surface area contributed by atoms with Gasteiger partial charge in [-0.3, -0.25) is 4.55 Å². The van der Waals surface area contributed by atoms with Crippen LogP contribution in [0, 0.1) is 0 Å². The summed E-state index contributed by atoms with van der Waals surface area (Å²) in [5.41, 5.74) is 0.890. The zero-order valence-corrected chi connectivity index (χ0v) is 9.18. The van der Waals surface area contributed by atoms with Crippen LogP contribution in [0.1, 0.15) is 5.56 Å². The number of hydrogen-bond donors (Lipinski definition) is 1. The fraction of sp³-hybridized carbons (Fsp3) is 0.250. The molecule has 1 aromatic rings. The Morgan fingerprint density at radius 3 is 2.14 bits per heavy atom. The van der Waals surface area contributed by atoms with Crippen LogP contribution in [-0.2, 0) is 16.5 Å². The Kier molecular flexibility index (Phi) is 6.52. The molecule has 1 N–H and O–H groups in total. The van der Waals surface area contributed by atoms with E-state index in [1.807, 2.05) is 24.3 Å². The first kappa shape index (κ1) is 14.6. The predicted octanol–water partition coefficient (Wildman–Crippen LogP) is 1.23. The molecule has 0 unspecified atom stereocenters. The molecule has 0 heterocycles. The molecule has 0 bridgehead atoms. The predicted molar refractivity (Wildman–Crippen MR) is 61.4 cm³/mol. The van der Waals surface area contributed by atoms with Gasteiger partial charge in [0, 0.05) is 4.47 Å². The van der Waals surface area contributed by atoms with Gasteiger partial charge in [0.1, 0.15) is 0 Å². The number of aryl methyl sites for hydroxylation is 1. The first-order valence-electron chi connectivity index (χ1n) is 3.67. The van der Waals surface area contributed by atoms with Crippen molar-refractivity contribution < 1.29 is 13.0 Å². The van der Waals surface area contributed by atoms with E-state index >= 15 is 0 Å². The van der Waals surface area contributed by atoms with Gasteiger partial charge in [-0.2, -0.15) is 8.42 Å². The number of rotatable bonds is 3. The van der Waals surface area contributed by atoms with Crippen molar-refractivity contribution in [2.24, 2.45) is 0 Å². The average Bonchev–Trinajstić information content (AvgIpc) is 2.02. The molecule has 0 spiro atoms. The minimum absolute atomic E-state index is 0. The fourth-order valence-electron chi connectivity index (χ4n) is 0.898. The van der Waals surface area contributed by atoms with Crippen LogP contribution in [0.4, 0.5) is 0 Å². The zero-order chi connectivity index (χ0) is 9.90. The molecule has 14 heavy (non-hydrogen) atoms. The summed E-state index contributed by atoms with van der Waals surface area (Å²) in [7, 11) is -3.84. The molecule has 0 saturated carbocycles. The number of hydrogen-bond acceptors (Lipinski definition) is 2. The molecule has 0 aliphatic heterocycles. The van der Waals surface area contributed by atoms with Gasteiger partial charge in [-0.15, -0.1) is 0 Å². The molecule has 0 saturated heterocycles. The molecule has 1 rings (SSSR count). The molecule has 0 fully saturated rings. The summed E-state index contributed by atoms with van der Waals surface area (Å²) in [6, 6.07) is 7.29. The summed E-state index contributed by atoms with van der Waals surface area (Å²) in [6.45, 7) is 0. The second-order valence-electron chi connectivity index (χ2n) is 2.66. The zero-order valence-electron chi connectivity index (χ0n) is 6.77. The summed E-state index contributed by atoms with van der Waals surface area (Å²) >= 11 is 3.27. The molecule has 1 aromatic carbocycles. The second-order valence-corrected chi connectivity index (χ2v) is 5.15. The Labute approximate surface area is 114 Å². The van der Waals surface area contributed by atoms with Crippen LogP contribution in [0.15, 0.2) is 28.7 Å². The summed E-state index contributed by atoms with van der Waals surface area (Å²) in [4.78, 5) is 0. The van der Waals surface area contributed by atoms with Crippen LogP contribution in [0.25, 0.3) is 0 Å². The van der Waals surface area contributed by atoms with Crippen molar-refractivity contribution in [1.82, 2.24) is 0 Å². The summed E-state index contributed by atoms with van der Waals surface area (Å²) in [6.07, 6.45) is 0.339. The van der Waals surface area contributed by atoms with E-state index < -0.39 is 10.1 Å². The van der Waals surface area contributed by atoms with Crippen molar-refractivity contribution in [2.45, 2.75) is 6.42 Å². The van der Waals surface area contributed by atoms with Crippen LogP contribution in [0.3, 0.4) is 0 Å². The molecule has 0 amide bonds. The topological polar surface area (TPSA) is 54.4 Å². The van der Waals surface area contributed by atoms with Crippen molar-refractivity contribution >= 4 is 55.6 Å². The van der Waals surface area contributed by atoms with Gasteiger partial charge in [-0.1, -0.05) is 28.1 Å². The Morgan fingerprint density at radius 1 is 1.21 bits per heavy atom. The molecule has 74 valence electrons. The molecule has 0 radical (unpaired) electrons. The summed E-state index contributed by atoms with van der Waals surface area (Å²) < 4.78 is 30.3. The fourth-order valence-corrected chi connectivity index (χ4v) is 1.66. The molecule has 3 nitrogen and oxygen atoms in total. The van der Waals surface area contributed by atoms with Crippen LogP contribution in [0.2, 0.25) is 0 Å². The third kappa shape index (κ3) is 6.16. The van der Waals surface area contributed by atoms with E-state index in [0.717, 1.165) is 10.0 Å². The number of benzene rings is 1. The van der Waals surface area contributed by atoms with Gasteiger partial charge in [-0.25, -0.2) is 0 Å². The number of halogens is 1. The van der Waals surface area contributed by atoms with Gasteiger partial charge in [0.05, 0.1) is 5.75 Å². The molecular weight excluding hydrogens is 279 g/mol. The SMILES string of the molecule is O=S(=O)(O)CCc1ccc(Br)cc1.[NaH]. The van der Waals surface area contributed by atoms with E-state index in [1.165, 1.54) is 0 Å². The van der Waals surface area contributed by atoms with Crippen LogP contribution < -0.4 is 0 Å². The Hall–Kier alpha value is 0.610. The Balaban J connectivity index is 0.00000169. The molecule has 0 atom stereocenters. The monoisotopic (exact) mass is 288 g/mol. The summed E-state index contributed by atoms with van der Waals surface area (Å²) in [5.74, 6) is -0.228. The molecule has 0 aromatic heterocycles. The third-order valence-corrected chi connectivity index (χ3v) is 2.81. The van der Waals surface area contributed by atoms with E-state index in [4.69, 9.17) is 4.55 Å². The van der Waals surface area contributed by atoms with E-state index in [9.17, 15) is 8.42 Å². The Morgan fingerprint density at radius 2 is 1.71 bits per heavy atom. The van der Waals surface area contributed by atoms with E-state index in [0.29, 0.717) is 6.42 Å². The second kappa shape index (κ2) is 6.25. The quantitative estimate of drug-likeness (QED) is 0.672. The van der Waals surface area contributed by atoms with E-state index in [2.05, 4.69) is 15.9 Å². The van der Waals surface area contributed by atoms with Gasteiger partial charge >= 0.3 is 29.6 Å². The van der Waals surface area contributed by atoms with Gasteiger partial charge in [0.25, 0.3) is 10.1 Å². The van der Waals surface area contributed by atoms with Crippen molar-refractivity contribution in [2.75, 3.05) is 5.75 Å². The third-order valence-electron chi connectivity index (χ3n) is 1.56. The van der Waals surface area contributed by atoms with Crippen LogP contribution >= 0.6 is 15.9 Å². The summed E-state index contributed by atoms with van der Waals surface area (Å²) in [5, 5.41) is 0. The van der Waals surface area contributed by atoms with Crippen LogP contribution in [-0.4, -0.2) is 48.3 Å². The van der Waals surface area contributed by atoms with Crippen LogP contribution in [0.5, 0.6) is 0 Å². The molecule has 0 aliphatic carbocycles. The van der Waals surface area contributed by atoms with Crippen molar-refractivity contribution in [1.29, 1.82) is 0 Å². The molecular formula is C8H10BrNaO3S. The first-order valence-corrected chi connectivity index (χ1v) is 6.07. The molecule has 0 aliphatic rings. The first-order chi connectivity index (χ1) is 5.97. The van der Waals surface area contributed by atoms with Crippen molar-refractivity contribution in [3.63, 3.8) is 0 Å². The van der Waals surface area contributed by atoms with Gasteiger partial charge < -0.3 is 0 Å². The van der Waals surface area contributed by atoms with Crippen molar-refractivity contribution in [3.8, 4) is 0 Å². The maximum absolute atomic E-state index is 10.4. The van der Waals surface area contributed by atoms with E-state index in [1.54, 1.807) is 0 Å². The van der Waals surface area contributed by atoms with Gasteiger partial charge in [0.2, 0.25) is 0 Å². The molecule has 6 heteroatoms. The minimum atomic E-state index is -3.84. The van der Waals surface area contributed by atoms with E-state index in [-0.39, 0.29) is 35.3 Å². The maximum atomic E-state index is 10.4. The standard InChI is InChI=1S/C8H9BrO3S.Na.H/c9-8-3-1-7(2-4-8)5-6-13(10,11)12;;/h1-4H,5-6H2,(H,10,11,12);;. The Bertz CT molecular complexity index is 374. The average molecular weight is 289 g/mol. The van der Waals surface area contributed by atoms with Crippen molar-refractivity contribution in [3.05, 3.63) is 34.3 Å². The van der Waals surface area contributed by atoms with Gasteiger partial charge in [0.15, 0.2) is 0 Å².